The fraction of sp³-hybridized carbons (Fsp3) is 0.533. The summed E-state index contributed by atoms with van der Waals surface area (Å²) in [6.45, 7) is 8.43. The molecule has 4 nitrogen and oxygen atoms in total. The van der Waals surface area contributed by atoms with Gasteiger partial charge in [-0.15, -0.1) is 17.9 Å². The molecule has 1 fully saturated rings. The Morgan fingerprint density at radius 2 is 2.50 bits per heavy atom. The number of nitrogens with two attached hydrogens (primary N) is 1. The van der Waals surface area contributed by atoms with Crippen LogP contribution >= 0.6 is 11.3 Å². The van der Waals surface area contributed by atoms with Crippen LogP contribution in [0.25, 0.3) is 0 Å². The molecule has 1 atom stereocenters. The maximum absolute atomic E-state index is 12.0. The summed E-state index contributed by atoms with van der Waals surface area (Å²) in [5.74, 6) is 0.646. The van der Waals surface area contributed by atoms with E-state index in [1.807, 2.05) is 6.07 Å². The lowest BCUT2D eigenvalue weighted by Crippen LogP contribution is -2.34. The SMILES string of the molecule is C=CCNC(=O)c1sc(N2CCCC(CC)C2)cc1N. The molecule has 3 N–H and O–H groups in total. The number of anilines is 2. The molecule has 0 bridgehead atoms. The van der Waals surface area contributed by atoms with Gasteiger partial charge in [-0.3, -0.25) is 4.79 Å². The second-order valence-electron chi connectivity index (χ2n) is 5.23. The third-order valence-corrected chi connectivity index (χ3v) is 4.98. The standard InChI is InChI=1S/C15H23N3OS/c1-3-7-17-15(19)14-12(16)9-13(20-14)18-8-5-6-11(4-2)10-18/h3,9,11H,1,4-8,10,16H2,2H3,(H,17,19). The molecule has 0 saturated carbocycles. The van der Waals surface area contributed by atoms with Crippen molar-refractivity contribution >= 4 is 27.9 Å². The van der Waals surface area contributed by atoms with Gasteiger partial charge in [0.1, 0.15) is 4.88 Å². The quantitative estimate of drug-likeness (QED) is 0.821. The third-order valence-electron chi connectivity index (χ3n) is 3.77. The van der Waals surface area contributed by atoms with Crippen molar-refractivity contribution in [3.05, 3.63) is 23.6 Å². The second-order valence-corrected chi connectivity index (χ2v) is 6.26. The van der Waals surface area contributed by atoms with Gasteiger partial charge in [-0.1, -0.05) is 19.4 Å². The average Bonchev–Trinajstić information content (AvgIpc) is 2.87. The summed E-state index contributed by atoms with van der Waals surface area (Å²) < 4.78 is 0. The van der Waals surface area contributed by atoms with Gasteiger partial charge in [-0.25, -0.2) is 0 Å². The number of carbonyl (C=O) groups excluding carboxylic acids is 1. The summed E-state index contributed by atoms with van der Waals surface area (Å²) in [6, 6.07) is 1.94. The maximum atomic E-state index is 12.0. The molecule has 2 rings (SSSR count). The van der Waals surface area contributed by atoms with Crippen molar-refractivity contribution in [2.75, 3.05) is 30.3 Å². The minimum Gasteiger partial charge on any atom is -0.397 e. The molecule has 1 saturated heterocycles. The first-order valence-corrected chi connectivity index (χ1v) is 8.00. The van der Waals surface area contributed by atoms with E-state index in [1.54, 1.807) is 6.08 Å². The zero-order valence-corrected chi connectivity index (χ0v) is 12.8. The topological polar surface area (TPSA) is 58.4 Å². The normalized spacial score (nSPS) is 18.9. The van der Waals surface area contributed by atoms with Crippen LogP contribution in [0.5, 0.6) is 0 Å². The smallest absolute Gasteiger partial charge is 0.263 e. The van der Waals surface area contributed by atoms with Crippen molar-refractivity contribution in [1.82, 2.24) is 5.32 Å². The second kappa shape index (κ2) is 6.79. The Labute approximate surface area is 124 Å². The van der Waals surface area contributed by atoms with Crippen molar-refractivity contribution in [2.24, 2.45) is 5.92 Å². The number of amides is 1. The van der Waals surface area contributed by atoms with Crippen LogP contribution in [0.3, 0.4) is 0 Å². The molecule has 110 valence electrons. The predicted octanol–water partition coefficient (Wildman–Crippen LogP) is 2.87. The van der Waals surface area contributed by atoms with Gasteiger partial charge in [-0.05, 0) is 24.8 Å². The van der Waals surface area contributed by atoms with Crippen molar-refractivity contribution in [3.63, 3.8) is 0 Å². The lowest BCUT2D eigenvalue weighted by molar-refractivity contribution is 0.0963. The Morgan fingerprint density at radius 3 is 3.20 bits per heavy atom. The Bertz CT molecular complexity index is 483. The Hall–Kier alpha value is -1.49. The number of nitrogens with zero attached hydrogens (tertiary/aromatic N) is 1. The lowest BCUT2D eigenvalue weighted by atomic mass is 9.96. The number of carbonyl (C=O) groups is 1. The van der Waals surface area contributed by atoms with Gasteiger partial charge in [0.2, 0.25) is 0 Å². The van der Waals surface area contributed by atoms with Crippen LogP contribution in [-0.2, 0) is 0 Å². The molecule has 1 aliphatic rings. The zero-order chi connectivity index (χ0) is 14.5. The van der Waals surface area contributed by atoms with Gasteiger partial charge in [0, 0.05) is 19.6 Å². The molecule has 2 heterocycles. The van der Waals surface area contributed by atoms with Crippen LogP contribution in [-0.4, -0.2) is 25.5 Å². The van der Waals surface area contributed by atoms with Crippen LogP contribution in [0.1, 0.15) is 35.9 Å². The van der Waals surface area contributed by atoms with Gasteiger partial charge in [0.05, 0.1) is 10.7 Å². The highest BCUT2D eigenvalue weighted by molar-refractivity contribution is 7.18. The van der Waals surface area contributed by atoms with Crippen molar-refractivity contribution in [3.8, 4) is 0 Å². The van der Waals surface area contributed by atoms with Gasteiger partial charge in [-0.2, -0.15) is 0 Å². The molecule has 1 unspecified atom stereocenters. The van der Waals surface area contributed by atoms with E-state index in [1.165, 1.54) is 30.6 Å². The van der Waals surface area contributed by atoms with Crippen LogP contribution in [0.4, 0.5) is 10.7 Å². The van der Waals surface area contributed by atoms with E-state index in [9.17, 15) is 4.79 Å². The van der Waals surface area contributed by atoms with E-state index in [4.69, 9.17) is 5.73 Å². The van der Waals surface area contributed by atoms with E-state index < -0.39 is 0 Å². The summed E-state index contributed by atoms with van der Waals surface area (Å²) >= 11 is 1.49. The minimum absolute atomic E-state index is 0.109. The molecule has 1 aliphatic heterocycles. The van der Waals surface area contributed by atoms with Crippen LogP contribution in [0, 0.1) is 5.92 Å². The molecule has 20 heavy (non-hydrogen) atoms. The Kier molecular flexibility index (Phi) is 5.06. The number of piperidine rings is 1. The molecular formula is C15H23N3OS. The number of rotatable bonds is 5. The van der Waals surface area contributed by atoms with E-state index in [0.29, 0.717) is 17.1 Å². The van der Waals surface area contributed by atoms with E-state index in [-0.39, 0.29) is 5.91 Å². The first-order chi connectivity index (χ1) is 9.65. The summed E-state index contributed by atoms with van der Waals surface area (Å²) in [7, 11) is 0. The number of nitrogens with one attached hydrogen (secondary N) is 1. The van der Waals surface area contributed by atoms with Crippen LogP contribution < -0.4 is 16.0 Å². The highest BCUT2D eigenvalue weighted by Crippen LogP contribution is 2.35. The van der Waals surface area contributed by atoms with Gasteiger partial charge in [0.25, 0.3) is 5.91 Å². The first-order valence-electron chi connectivity index (χ1n) is 7.19. The predicted molar refractivity (Wildman–Crippen MR) is 86.5 cm³/mol. The van der Waals surface area contributed by atoms with Gasteiger partial charge < -0.3 is 16.0 Å². The van der Waals surface area contributed by atoms with Gasteiger partial charge in [0.15, 0.2) is 0 Å². The molecule has 5 heteroatoms. The fourth-order valence-corrected chi connectivity index (χ4v) is 3.60. The molecule has 1 amide bonds. The highest BCUT2D eigenvalue weighted by atomic mass is 32.1. The summed E-state index contributed by atoms with van der Waals surface area (Å²) in [6.07, 6.45) is 5.40. The molecule has 0 aliphatic carbocycles. The molecule has 0 aromatic carbocycles. The number of hydrogen-bond donors (Lipinski definition) is 2. The van der Waals surface area contributed by atoms with E-state index in [0.717, 1.165) is 24.0 Å². The van der Waals surface area contributed by atoms with Crippen LogP contribution in [0.2, 0.25) is 0 Å². The molecule has 1 aromatic rings. The monoisotopic (exact) mass is 293 g/mol. The third kappa shape index (κ3) is 3.33. The summed E-state index contributed by atoms with van der Waals surface area (Å²) in [5, 5.41) is 3.90. The number of hydrogen-bond acceptors (Lipinski definition) is 4. The molecule has 1 aromatic heterocycles. The largest absolute Gasteiger partial charge is 0.397 e. The summed E-state index contributed by atoms with van der Waals surface area (Å²) in [4.78, 5) is 15.0. The number of thiophene rings is 1. The van der Waals surface area contributed by atoms with E-state index >= 15 is 0 Å². The Morgan fingerprint density at radius 1 is 1.70 bits per heavy atom. The first kappa shape index (κ1) is 14.9. The fourth-order valence-electron chi connectivity index (χ4n) is 2.57. The molecule has 0 spiro atoms. The van der Waals surface area contributed by atoms with Crippen molar-refractivity contribution < 1.29 is 4.79 Å². The highest BCUT2D eigenvalue weighted by Gasteiger charge is 2.22. The van der Waals surface area contributed by atoms with Crippen molar-refractivity contribution in [2.45, 2.75) is 26.2 Å². The summed E-state index contributed by atoms with van der Waals surface area (Å²) in [5.41, 5.74) is 6.56. The molecular weight excluding hydrogens is 270 g/mol. The van der Waals surface area contributed by atoms with E-state index in [2.05, 4.69) is 23.7 Å². The maximum Gasteiger partial charge on any atom is 0.263 e. The Balaban J connectivity index is 2.10. The average molecular weight is 293 g/mol. The van der Waals surface area contributed by atoms with Gasteiger partial charge >= 0.3 is 0 Å². The zero-order valence-electron chi connectivity index (χ0n) is 12.0. The van der Waals surface area contributed by atoms with Crippen molar-refractivity contribution in [1.29, 1.82) is 0 Å². The minimum atomic E-state index is -0.109. The van der Waals surface area contributed by atoms with Crippen LogP contribution in [0.15, 0.2) is 18.7 Å². The lowest BCUT2D eigenvalue weighted by Gasteiger charge is -2.32. The number of nitrogen functional groups attached to an aromatic ring is 1. The molecule has 0 radical (unpaired) electrons.